The van der Waals surface area contributed by atoms with Crippen molar-refractivity contribution in [2.45, 2.75) is 33.1 Å². The summed E-state index contributed by atoms with van der Waals surface area (Å²) in [6.45, 7) is 3.74. The Kier molecular flexibility index (Phi) is 4.81. The molecule has 10 heavy (non-hydrogen) atoms. The summed E-state index contributed by atoms with van der Waals surface area (Å²) in [7, 11) is 0. The SMILES string of the molecule is CC(C)C(=O)CCC[C]=O. The van der Waals surface area contributed by atoms with E-state index in [2.05, 4.69) is 0 Å². The van der Waals surface area contributed by atoms with Crippen molar-refractivity contribution in [3.8, 4) is 0 Å². The van der Waals surface area contributed by atoms with Crippen LogP contribution in [0.1, 0.15) is 33.1 Å². The fourth-order valence-corrected chi connectivity index (χ4v) is 0.623. The molecule has 0 unspecified atom stereocenters. The van der Waals surface area contributed by atoms with Crippen molar-refractivity contribution in [3.63, 3.8) is 0 Å². The topological polar surface area (TPSA) is 34.1 Å². The Morgan fingerprint density at radius 2 is 2.10 bits per heavy atom. The molecule has 2 heteroatoms. The van der Waals surface area contributed by atoms with E-state index in [4.69, 9.17) is 0 Å². The van der Waals surface area contributed by atoms with Crippen LogP contribution in [0.5, 0.6) is 0 Å². The zero-order valence-electron chi connectivity index (χ0n) is 6.52. The zero-order valence-corrected chi connectivity index (χ0v) is 6.52. The Labute approximate surface area is 61.6 Å². The summed E-state index contributed by atoms with van der Waals surface area (Å²) in [5.41, 5.74) is 0. The second kappa shape index (κ2) is 5.15. The highest BCUT2D eigenvalue weighted by Gasteiger charge is 2.05. The van der Waals surface area contributed by atoms with Gasteiger partial charge in [0.15, 0.2) is 6.29 Å². The first kappa shape index (κ1) is 9.34. The van der Waals surface area contributed by atoms with E-state index in [1.54, 1.807) is 6.29 Å². The van der Waals surface area contributed by atoms with Crippen LogP contribution in [0.2, 0.25) is 0 Å². The quantitative estimate of drug-likeness (QED) is 0.543. The maximum atomic E-state index is 10.9. The summed E-state index contributed by atoms with van der Waals surface area (Å²) in [6, 6.07) is 0. The zero-order chi connectivity index (χ0) is 7.98. The van der Waals surface area contributed by atoms with E-state index in [1.807, 2.05) is 13.8 Å². The third kappa shape index (κ3) is 4.24. The van der Waals surface area contributed by atoms with Gasteiger partial charge in [-0.2, -0.15) is 0 Å². The molecular weight excluding hydrogens is 128 g/mol. The molecule has 57 valence electrons. The van der Waals surface area contributed by atoms with Crippen molar-refractivity contribution in [1.29, 1.82) is 0 Å². The van der Waals surface area contributed by atoms with E-state index in [1.165, 1.54) is 0 Å². The molecule has 0 aromatic rings. The van der Waals surface area contributed by atoms with E-state index in [-0.39, 0.29) is 11.7 Å². The predicted molar refractivity (Wildman–Crippen MR) is 39.4 cm³/mol. The van der Waals surface area contributed by atoms with Crippen molar-refractivity contribution >= 4 is 12.1 Å². The van der Waals surface area contributed by atoms with Crippen LogP contribution < -0.4 is 0 Å². The number of hydrogen-bond donors (Lipinski definition) is 0. The molecular formula is C8H13O2. The van der Waals surface area contributed by atoms with Crippen molar-refractivity contribution in [2.24, 2.45) is 5.92 Å². The number of carbonyl (C=O) groups excluding carboxylic acids is 2. The Balaban J connectivity index is 3.30. The van der Waals surface area contributed by atoms with Gasteiger partial charge in [0.1, 0.15) is 5.78 Å². The van der Waals surface area contributed by atoms with Gasteiger partial charge in [-0.1, -0.05) is 13.8 Å². The lowest BCUT2D eigenvalue weighted by Gasteiger charge is -2.00. The molecule has 1 radical (unpaired) electrons. The van der Waals surface area contributed by atoms with Gasteiger partial charge in [-0.25, -0.2) is 0 Å². The van der Waals surface area contributed by atoms with Crippen molar-refractivity contribution in [3.05, 3.63) is 0 Å². The average molecular weight is 141 g/mol. The molecule has 0 spiro atoms. The first-order valence-corrected chi connectivity index (χ1v) is 3.56. The maximum absolute atomic E-state index is 10.9. The van der Waals surface area contributed by atoms with Gasteiger partial charge >= 0.3 is 0 Å². The van der Waals surface area contributed by atoms with Crippen molar-refractivity contribution < 1.29 is 9.59 Å². The number of ketones is 1. The standard InChI is InChI=1S/C8H13O2/c1-7(2)8(10)5-3-4-6-9/h7H,3-5H2,1-2H3. The Bertz CT molecular complexity index is 116. The number of carbonyl (C=O) groups is 1. The van der Waals surface area contributed by atoms with Crippen LogP contribution in [-0.2, 0) is 9.59 Å². The number of hydrogen-bond acceptors (Lipinski definition) is 2. The molecule has 0 rings (SSSR count). The van der Waals surface area contributed by atoms with E-state index < -0.39 is 0 Å². The summed E-state index contributed by atoms with van der Waals surface area (Å²) in [6.07, 6.45) is 3.32. The predicted octanol–water partition coefficient (Wildman–Crippen LogP) is 1.49. The summed E-state index contributed by atoms with van der Waals surface area (Å²) >= 11 is 0. The molecule has 0 heterocycles. The van der Waals surface area contributed by atoms with Gasteiger partial charge in [-0.05, 0) is 6.42 Å². The minimum absolute atomic E-state index is 0.103. The molecule has 0 aromatic heterocycles. The molecule has 0 aliphatic carbocycles. The Hall–Kier alpha value is -0.660. The molecule has 0 atom stereocenters. The first-order chi connectivity index (χ1) is 4.68. The first-order valence-electron chi connectivity index (χ1n) is 3.56. The lowest BCUT2D eigenvalue weighted by atomic mass is 10.0. The van der Waals surface area contributed by atoms with Crippen molar-refractivity contribution in [1.82, 2.24) is 0 Å². The fraction of sp³-hybridized carbons (Fsp3) is 0.750. The Morgan fingerprint density at radius 3 is 2.50 bits per heavy atom. The third-order valence-electron chi connectivity index (χ3n) is 1.35. The molecule has 0 saturated heterocycles. The molecule has 2 nitrogen and oxygen atoms in total. The number of unbranched alkanes of at least 4 members (excludes halogenated alkanes) is 1. The monoisotopic (exact) mass is 141 g/mol. The summed E-state index contributed by atoms with van der Waals surface area (Å²) in [4.78, 5) is 20.6. The van der Waals surface area contributed by atoms with Gasteiger partial charge < -0.3 is 0 Å². The van der Waals surface area contributed by atoms with Crippen molar-refractivity contribution in [2.75, 3.05) is 0 Å². The van der Waals surface area contributed by atoms with Crippen LogP contribution >= 0.6 is 0 Å². The number of rotatable bonds is 5. The third-order valence-corrected chi connectivity index (χ3v) is 1.35. The molecule has 0 aliphatic rings. The van der Waals surface area contributed by atoms with Crippen LogP contribution in [0.15, 0.2) is 0 Å². The van der Waals surface area contributed by atoms with Crippen LogP contribution in [0.3, 0.4) is 0 Å². The highest BCUT2D eigenvalue weighted by atomic mass is 16.1. The van der Waals surface area contributed by atoms with Gasteiger partial charge in [0.2, 0.25) is 0 Å². The highest BCUT2D eigenvalue weighted by Crippen LogP contribution is 2.02. The number of Topliss-reactive ketones (excluding diaryl/α,β-unsaturated/α-hetero) is 1. The van der Waals surface area contributed by atoms with E-state index in [0.29, 0.717) is 19.3 Å². The van der Waals surface area contributed by atoms with E-state index in [0.717, 1.165) is 0 Å². The Morgan fingerprint density at radius 1 is 1.50 bits per heavy atom. The van der Waals surface area contributed by atoms with Gasteiger partial charge in [-0.15, -0.1) is 0 Å². The van der Waals surface area contributed by atoms with Gasteiger partial charge in [0, 0.05) is 18.8 Å². The molecule has 0 fully saturated rings. The van der Waals surface area contributed by atoms with Crippen LogP contribution in [-0.4, -0.2) is 12.1 Å². The molecule has 0 bridgehead atoms. The molecule has 0 N–H and O–H groups in total. The molecule has 0 aliphatic heterocycles. The van der Waals surface area contributed by atoms with Crippen LogP contribution in [0.25, 0.3) is 0 Å². The van der Waals surface area contributed by atoms with Crippen LogP contribution in [0.4, 0.5) is 0 Å². The smallest absolute Gasteiger partial charge is 0.198 e. The second-order valence-electron chi connectivity index (χ2n) is 2.62. The molecule has 0 aromatic carbocycles. The second-order valence-corrected chi connectivity index (χ2v) is 2.62. The van der Waals surface area contributed by atoms with Crippen LogP contribution in [0, 0.1) is 5.92 Å². The lowest BCUT2D eigenvalue weighted by molar-refractivity contribution is -0.121. The van der Waals surface area contributed by atoms with E-state index in [9.17, 15) is 9.59 Å². The fourth-order valence-electron chi connectivity index (χ4n) is 0.623. The average Bonchev–Trinajstić information content (AvgIpc) is 1.88. The minimum Gasteiger partial charge on any atom is -0.299 e. The molecule has 0 saturated carbocycles. The lowest BCUT2D eigenvalue weighted by Crippen LogP contribution is -2.05. The van der Waals surface area contributed by atoms with Gasteiger partial charge in [0.25, 0.3) is 0 Å². The van der Waals surface area contributed by atoms with E-state index >= 15 is 0 Å². The maximum Gasteiger partial charge on any atom is 0.198 e. The largest absolute Gasteiger partial charge is 0.299 e. The summed E-state index contributed by atoms with van der Waals surface area (Å²) in [5, 5.41) is 0. The normalized spacial score (nSPS) is 9.90. The molecule has 0 amide bonds. The highest BCUT2D eigenvalue weighted by molar-refractivity contribution is 5.80. The minimum atomic E-state index is 0.103. The van der Waals surface area contributed by atoms with Gasteiger partial charge in [0.05, 0.1) is 0 Å². The van der Waals surface area contributed by atoms with Gasteiger partial charge in [-0.3, -0.25) is 9.59 Å². The summed E-state index contributed by atoms with van der Waals surface area (Å²) < 4.78 is 0. The summed E-state index contributed by atoms with van der Waals surface area (Å²) in [5.74, 6) is 0.335.